The lowest BCUT2D eigenvalue weighted by molar-refractivity contribution is 0.00578. The number of nitrogens with zero attached hydrogens (tertiary/aromatic N) is 1. The Morgan fingerprint density at radius 3 is 2.24 bits per heavy atom. The molecular formula is C19H30BNO4. The van der Waals surface area contributed by atoms with Crippen molar-refractivity contribution in [2.24, 2.45) is 0 Å². The normalized spacial score (nSPS) is 23.1. The average Bonchev–Trinajstić information content (AvgIpc) is 3.34. The van der Waals surface area contributed by atoms with Gasteiger partial charge in [0, 0.05) is 12.6 Å². The van der Waals surface area contributed by atoms with E-state index in [1.807, 2.05) is 52.0 Å². The Morgan fingerprint density at radius 2 is 1.72 bits per heavy atom. The van der Waals surface area contributed by atoms with Gasteiger partial charge in [0.2, 0.25) is 0 Å². The number of hydrogen-bond donors (Lipinski definition) is 1. The minimum atomic E-state index is -0.478. The quantitative estimate of drug-likeness (QED) is 0.763. The number of ether oxygens (including phenoxy) is 1. The van der Waals surface area contributed by atoms with Gasteiger partial charge in [-0.15, -0.1) is 0 Å². The van der Waals surface area contributed by atoms with Gasteiger partial charge in [-0.2, -0.15) is 0 Å². The largest absolute Gasteiger partial charge is 0.494 e. The van der Waals surface area contributed by atoms with E-state index in [0.29, 0.717) is 19.2 Å². The summed E-state index contributed by atoms with van der Waals surface area (Å²) in [5.74, 6) is 0.744. The molecule has 1 atom stereocenters. The van der Waals surface area contributed by atoms with Crippen molar-refractivity contribution in [2.75, 3.05) is 20.2 Å². The minimum absolute atomic E-state index is 0.299. The number of aliphatic hydroxyl groups is 1. The Kier molecular flexibility index (Phi) is 5.17. The standard InChI is InChI=1S/C19H30BNO4/c1-18(2)19(3,4)25-20(24-18)14-6-10-17(11-7-14)23-13-16(22)12-21(5)15-8-9-15/h6-7,10-11,15-16,22H,8-9,12-13H2,1-5H3. The van der Waals surface area contributed by atoms with E-state index in [-0.39, 0.29) is 18.3 Å². The highest BCUT2D eigenvalue weighted by molar-refractivity contribution is 6.62. The van der Waals surface area contributed by atoms with Crippen molar-refractivity contribution >= 4 is 12.6 Å². The fourth-order valence-corrected chi connectivity index (χ4v) is 2.94. The lowest BCUT2D eigenvalue weighted by atomic mass is 9.79. The number of hydrogen-bond acceptors (Lipinski definition) is 5. The summed E-state index contributed by atoms with van der Waals surface area (Å²) >= 11 is 0. The molecular weight excluding hydrogens is 317 g/mol. The maximum absolute atomic E-state index is 10.1. The van der Waals surface area contributed by atoms with Crippen LogP contribution >= 0.6 is 0 Å². The first-order valence-corrected chi connectivity index (χ1v) is 9.15. The van der Waals surface area contributed by atoms with E-state index in [0.717, 1.165) is 11.2 Å². The number of likely N-dealkylation sites (N-methyl/N-ethyl adjacent to an activating group) is 1. The van der Waals surface area contributed by atoms with Gasteiger partial charge in [0.15, 0.2) is 0 Å². The van der Waals surface area contributed by atoms with Crippen LogP contribution in [0, 0.1) is 0 Å². The van der Waals surface area contributed by atoms with Crippen LogP contribution in [0.4, 0.5) is 0 Å². The van der Waals surface area contributed by atoms with Gasteiger partial charge in [-0.3, -0.25) is 0 Å². The van der Waals surface area contributed by atoms with E-state index in [1.54, 1.807) is 0 Å². The monoisotopic (exact) mass is 347 g/mol. The van der Waals surface area contributed by atoms with E-state index >= 15 is 0 Å². The van der Waals surface area contributed by atoms with Crippen LogP contribution in [0.15, 0.2) is 24.3 Å². The summed E-state index contributed by atoms with van der Waals surface area (Å²) in [7, 11) is 1.69. The van der Waals surface area contributed by atoms with Gasteiger partial charge in [0.1, 0.15) is 18.5 Å². The molecule has 138 valence electrons. The molecule has 1 aliphatic carbocycles. The zero-order valence-electron chi connectivity index (χ0n) is 16.0. The molecule has 0 aromatic heterocycles. The van der Waals surface area contributed by atoms with Crippen molar-refractivity contribution in [3.05, 3.63) is 24.3 Å². The lowest BCUT2D eigenvalue weighted by Crippen LogP contribution is -2.41. The van der Waals surface area contributed by atoms with E-state index in [1.165, 1.54) is 12.8 Å². The maximum Gasteiger partial charge on any atom is 0.494 e. The molecule has 0 radical (unpaired) electrons. The third-order valence-corrected chi connectivity index (χ3v) is 5.52. The molecule has 6 heteroatoms. The zero-order chi connectivity index (χ0) is 18.2. The van der Waals surface area contributed by atoms with Crippen molar-refractivity contribution in [1.29, 1.82) is 0 Å². The Labute approximate surface area is 151 Å². The van der Waals surface area contributed by atoms with Gasteiger partial charge in [0.05, 0.1) is 11.2 Å². The van der Waals surface area contributed by atoms with Gasteiger partial charge < -0.3 is 24.1 Å². The third-order valence-electron chi connectivity index (χ3n) is 5.52. The molecule has 25 heavy (non-hydrogen) atoms. The van der Waals surface area contributed by atoms with Gasteiger partial charge >= 0.3 is 7.12 Å². The minimum Gasteiger partial charge on any atom is -0.491 e. The topological polar surface area (TPSA) is 51.2 Å². The molecule has 1 aliphatic heterocycles. The summed E-state index contributed by atoms with van der Waals surface area (Å²) in [5, 5.41) is 10.1. The molecule has 5 nitrogen and oxygen atoms in total. The van der Waals surface area contributed by atoms with Crippen LogP contribution < -0.4 is 10.2 Å². The lowest BCUT2D eigenvalue weighted by Gasteiger charge is -2.32. The number of aliphatic hydroxyl groups excluding tert-OH is 1. The van der Waals surface area contributed by atoms with Gasteiger partial charge in [-0.1, -0.05) is 12.1 Å². The zero-order valence-corrected chi connectivity index (χ0v) is 16.0. The highest BCUT2D eigenvalue weighted by Gasteiger charge is 2.51. The molecule has 0 spiro atoms. The first kappa shape index (κ1) is 18.7. The van der Waals surface area contributed by atoms with Crippen LogP contribution in [0.3, 0.4) is 0 Å². The predicted octanol–water partition coefficient (Wildman–Crippen LogP) is 1.82. The summed E-state index contributed by atoms with van der Waals surface area (Å²) in [5.41, 5.74) is 0.287. The van der Waals surface area contributed by atoms with E-state index < -0.39 is 6.10 Å². The second-order valence-corrected chi connectivity index (χ2v) is 8.29. The van der Waals surface area contributed by atoms with Crippen LogP contribution in [-0.2, 0) is 9.31 Å². The van der Waals surface area contributed by atoms with Crippen molar-refractivity contribution in [1.82, 2.24) is 4.90 Å². The number of rotatable bonds is 7. The molecule has 0 amide bonds. The fourth-order valence-electron chi connectivity index (χ4n) is 2.94. The van der Waals surface area contributed by atoms with Crippen LogP contribution in [0.5, 0.6) is 5.75 Å². The Balaban J connectivity index is 1.51. The molecule has 3 rings (SSSR count). The average molecular weight is 347 g/mol. The fraction of sp³-hybridized carbons (Fsp3) is 0.684. The predicted molar refractivity (Wildman–Crippen MR) is 99.3 cm³/mol. The molecule has 2 fully saturated rings. The third kappa shape index (κ3) is 4.37. The van der Waals surface area contributed by atoms with E-state index in [4.69, 9.17) is 14.0 Å². The Bertz CT molecular complexity index is 570. The molecule has 1 aromatic rings. The molecule has 1 saturated heterocycles. The summed E-state index contributed by atoms with van der Waals surface area (Å²) in [6.45, 7) is 9.13. The summed E-state index contributed by atoms with van der Waals surface area (Å²) in [6, 6.07) is 8.37. The number of benzene rings is 1. The SMILES string of the molecule is CN(CC(O)COc1ccc(B2OC(C)(C)C(C)(C)O2)cc1)C1CC1. The van der Waals surface area contributed by atoms with Crippen molar-refractivity contribution < 1.29 is 19.2 Å². The summed E-state index contributed by atoms with van der Waals surface area (Å²) < 4.78 is 17.8. The second kappa shape index (κ2) is 6.91. The molecule has 1 unspecified atom stereocenters. The highest BCUT2D eigenvalue weighted by atomic mass is 16.7. The molecule has 1 aromatic carbocycles. The molecule has 1 heterocycles. The van der Waals surface area contributed by atoms with Crippen molar-refractivity contribution in [3.8, 4) is 5.75 Å². The van der Waals surface area contributed by atoms with Crippen LogP contribution in [0.2, 0.25) is 0 Å². The van der Waals surface area contributed by atoms with Crippen molar-refractivity contribution in [3.63, 3.8) is 0 Å². The molecule has 2 aliphatic rings. The van der Waals surface area contributed by atoms with Crippen molar-refractivity contribution in [2.45, 2.75) is 63.9 Å². The second-order valence-electron chi connectivity index (χ2n) is 8.29. The molecule has 0 bridgehead atoms. The smallest absolute Gasteiger partial charge is 0.491 e. The Morgan fingerprint density at radius 1 is 1.16 bits per heavy atom. The maximum atomic E-state index is 10.1. The van der Waals surface area contributed by atoms with Gasteiger partial charge in [0.25, 0.3) is 0 Å². The van der Waals surface area contributed by atoms with E-state index in [9.17, 15) is 5.11 Å². The van der Waals surface area contributed by atoms with Crippen LogP contribution in [0.1, 0.15) is 40.5 Å². The first-order valence-electron chi connectivity index (χ1n) is 9.15. The molecule has 1 saturated carbocycles. The first-order chi connectivity index (χ1) is 11.7. The molecule has 1 N–H and O–H groups in total. The van der Waals surface area contributed by atoms with Gasteiger partial charge in [-0.05, 0) is 65.2 Å². The van der Waals surface area contributed by atoms with Gasteiger partial charge in [-0.25, -0.2) is 0 Å². The Hall–Kier alpha value is -1.08. The summed E-state index contributed by atoms with van der Waals surface area (Å²) in [4.78, 5) is 2.20. The van der Waals surface area contributed by atoms with Crippen LogP contribution in [0.25, 0.3) is 0 Å². The van der Waals surface area contributed by atoms with E-state index in [2.05, 4.69) is 11.9 Å². The highest BCUT2D eigenvalue weighted by Crippen LogP contribution is 2.36. The van der Waals surface area contributed by atoms with Crippen LogP contribution in [-0.4, -0.2) is 60.7 Å². The summed E-state index contributed by atoms with van der Waals surface area (Å²) in [6.07, 6.45) is 2.00.